The summed E-state index contributed by atoms with van der Waals surface area (Å²) in [4.78, 5) is 11.7. The molecule has 0 unspecified atom stereocenters. The average Bonchev–Trinajstić information content (AvgIpc) is 2.74. The zero-order chi connectivity index (χ0) is 23.1. The average molecular weight is 455 g/mol. The Hall–Kier alpha value is -0.970. The Bertz CT molecular complexity index is 552. The van der Waals surface area contributed by atoms with E-state index in [1.165, 1.54) is 6.92 Å². The summed E-state index contributed by atoms with van der Waals surface area (Å²) in [6, 6.07) is -0.965. The van der Waals surface area contributed by atoms with Crippen LogP contribution in [-0.4, -0.2) is 136 Å². The van der Waals surface area contributed by atoms with Gasteiger partial charge in [0.25, 0.3) is 0 Å². The number of carbonyl (C=O) groups is 1. The molecule has 0 spiro atoms. The van der Waals surface area contributed by atoms with E-state index < -0.39 is 80.3 Å². The number of ether oxygens (including phenoxy) is 4. The Kier molecular flexibility index (Phi) is 10.4. The molecule has 0 aromatic heterocycles. The quantitative estimate of drug-likeness (QED) is 0.146. The summed E-state index contributed by atoms with van der Waals surface area (Å²) in [5, 5.41) is 71.4. The van der Waals surface area contributed by atoms with Gasteiger partial charge in [-0.2, -0.15) is 0 Å². The Morgan fingerprint density at radius 3 is 2.13 bits per heavy atom. The van der Waals surface area contributed by atoms with Gasteiger partial charge in [0, 0.05) is 13.5 Å². The van der Waals surface area contributed by atoms with Crippen LogP contribution in [0.5, 0.6) is 0 Å². The molecule has 0 aliphatic carbocycles. The van der Waals surface area contributed by atoms with Gasteiger partial charge in [-0.3, -0.25) is 4.79 Å². The van der Waals surface area contributed by atoms with E-state index in [-0.39, 0.29) is 26.2 Å². The van der Waals surface area contributed by atoms with Gasteiger partial charge in [0.1, 0.15) is 42.7 Å². The van der Waals surface area contributed by atoms with Crippen molar-refractivity contribution in [2.24, 2.45) is 0 Å². The lowest BCUT2D eigenvalue weighted by Gasteiger charge is -2.47. The van der Waals surface area contributed by atoms with Crippen LogP contribution in [0.4, 0.5) is 0 Å². The second-order valence-electron chi connectivity index (χ2n) is 7.54. The van der Waals surface area contributed by atoms with Crippen LogP contribution in [0.1, 0.15) is 13.3 Å². The van der Waals surface area contributed by atoms with E-state index in [4.69, 9.17) is 24.1 Å². The first kappa shape index (κ1) is 26.3. The van der Waals surface area contributed by atoms with E-state index in [1.54, 1.807) is 0 Å². The summed E-state index contributed by atoms with van der Waals surface area (Å²) in [5.41, 5.74) is 0. The van der Waals surface area contributed by atoms with E-state index in [9.17, 15) is 35.4 Å². The van der Waals surface area contributed by atoms with Gasteiger partial charge in [-0.05, 0) is 6.42 Å². The molecule has 2 aliphatic rings. The van der Waals surface area contributed by atoms with Crippen molar-refractivity contribution < 1.29 is 59.5 Å². The maximum atomic E-state index is 11.7. The maximum absolute atomic E-state index is 11.7. The monoisotopic (exact) mass is 455 g/mol. The molecule has 2 rings (SSSR count). The number of aliphatic hydroxyl groups is 7. The molecule has 8 N–H and O–H groups in total. The number of carbonyl (C=O) groups excluding carboxylic acids is 1. The largest absolute Gasteiger partial charge is 0.394 e. The van der Waals surface area contributed by atoms with Crippen molar-refractivity contribution in [2.45, 2.75) is 74.5 Å². The standard InChI is InChI=1S/C18H33NO12/c1-8(23)19-12-9(2-4-28-5-3-20)29-11(7-22)17(14(12)25)31-18-16(27)15(26)13(24)10(6-21)30-18/h9-18,20-22,24-27H,2-7H2,1H3,(H,19,23)/t9-,10+,11+,12+,13-,14+,15-,16+,17+,18-/m0/s1. The van der Waals surface area contributed by atoms with Crippen molar-refractivity contribution in [3.63, 3.8) is 0 Å². The van der Waals surface area contributed by atoms with E-state index in [0.717, 1.165) is 0 Å². The second-order valence-corrected chi connectivity index (χ2v) is 7.54. The van der Waals surface area contributed by atoms with Crippen LogP contribution in [0.2, 0.25) is 0 Å². The zero-order valence-electron chi connectivity index (χ0n) is 17.2. The lowest BCUT2D eigenvalue weighted by atomic mass is 9.90. The van der Waals surface area contributed by atoms with E-state index in [2.05, 4.69) is 5.32 Å². The fraction of sp³-hybridized carbons (Fsp3) is 0.944. The maximum Gasteiger partial charge on any atom is 0.217 e. The summed E-state index contributed by atoms with van der Waals surface area (Å²) in [6.07, 6.45) is -12.1. The van der Waals surface area contributed by atoms with Gasteiger partial charge in [0.2, 0.25) is 5.91 Å². The normalized spacial score (nSPS) is 41.2. The van der Waals surface area contributed by atoms with Crippen molar-refractivity contribution in [3.8, 4) is 0 Å². The van der Waals surface area contributed by atoms with E-state index in [0.29, 0.717) is 0 Å². The molecule has 0 aromatic carbocycles. The number of hydrogen-bond acceptors (Lipinski definition) is 12. The number of rotatable bonds is 10. The summed E-state index contributed by atoms with van der Waals surface area (Å²) < 4.78 is 21.9. The van der Waals surface area contributed by atoms with Gasteiger partial charge in [-0.25, -0.2) is 0 Å². The van der Waals surface area contributed by atoms with Crippen LogP contribution in [0, 0.1) is 0 Å². The molecule has 182 valence electrons. The van der Waals surface area contributed by atoms with Crippen LogP contribution in [-0.2, 0) is 23.7 Å². The molecule has 0 saturated carbocycles. The fourth-order valence-electron chi connectivity index (χ4n) is 3.71. The molecule has 0 radical (unpaired) electrons. The number of nitrogens with one attached hydrogen (secondary N) is 1. The van der Waals surface area contributed by atoms with Crippen LogP contribution in [0.15, 0.2) is 0 Å². The first-order valence-electron chi connectivity index (χ1n) is 10.1. The van der Waals surface area contributed by atoms with E-state index >= 15 is 0 Å². The molecule has 13 nitrogen and oxygen atoms in total. The molecule has 10 atom stereocenters. The molecule has 2 heterocycles. The highest BCUT2D eigenvalue weighted by molar-refractivity contribution is 5.73. The van der Waals surface area contributed by atoms with Gasteiger partial charge < -0.3 is 60.0 Å². The lowest BCUT2D eigenvalue weighted by Crippen LogP contribution is -2.67. The predicted octanol–water partition coefficient (Wildman–Crippen LogP) is -4.80. The van der Waals surface area contributed by atoms with Crippen LogP contribution in [0.3, 0.4) is 0 Å². The van der Waals surface area contributed by atoms with Crippen LogP contribution < -0.4 is 5.32 Å². The third-order valence-electron chi connectivity index (χ3n) is 5.29. The van der Waals surface area contributed by atoms with Crippen LogP contribution in [0.25, 0.3) is 0 Å². The summed E-state index contributed by atoms with van der Waals surface area (Å²) in [7, 11) is 0. The second kappa shape index (κ2) is 12.3. The molecule has 2 fully saturated rings. The molecular formula is C18H33NO12. The van der Waals surface area contributed by atoms with Crippen molar-refractivity contribution in [1.82, 2.24) is 5.32 Å². The van der Waals surface area contributed by atoms with Crippen LogP contribution >= 0.6 is 0 Å². The van der Waals surface area contributed by atoms with Crippen molar-refractivity contribution in [1.29, 1.82) is 0 Å². The van der Waals surface area contributed by atoms with Crippen molar-refractivity contribution >= 4 is 5.91 Å². The Morgan fingerprint density at radius 1 is 0.871 bits per heavy atom. The molecule has 31 heavy (non-hydrogen) atoms. The molecule has 2 aliphatic heterocycles. The molecule has 0 bridgehead atoms. The smallest absolute Gasteiger partial charge is 0.217 e. The lowest BCUT2D eigenvalue weighted by molar-refractivity contribution is -0.336. The Morgan fingerprint density at radius 2 is 1.55 bits per heavy atom. The zero-order valence-corrected chi connectivity index (χ0v) is 17.2. The van der Waals surface area contributed by atoms with Gasteiger partial charge >= 0.3 is 0 Å². The molecule has 2 saturated heterocycles. The topological polar surface area (TPSA) is 208 Å². The summed E-state index contributed by atoms with van der Waals surface area (Å²) in [6.45, 7) is 0.0915. The highest BCUT2D eigenvalue weighted by Gasteiger charge is 2.50. The third kappa shape index (κ3) is 6.52. The van der Waals surface area contributed by atoms with Gasteiger partial charge in [0.15, 0.2) is 6.29 Å². The minimum absolute atomic E-state index is 0.104. The van der Waals surface area contributed by atoms with Gasteiger partial charge in [-0.1, -0.05) is 0 Å². The summed E-state index contributed by atoms with van der Waals surface area (Å²) in [5.74, 6) is -0.456. The minimum atomic E-state index is -1.71. The Balaban J connectivity index is 2.15. The first-order chi connectivity index (χ1) is 14.7. The molecule has 1 amide bonds. The van der Waals surface area contributed by atoms with Gasteiger partial charge in [0.05, 0.1) is 38.6 Å². The number of aliphatic hydroxyl groups excluding tert-OH is 7. The number of amides is 1. The first-order valence-corrected chi connectivity index (χ1v) is 10.1. The van der Waals surface area contributed by atoms with Crippen molar-refractivity contribution in [2.75, 3.05) is 33.0 Å². The molecule has 0 aromatic rings. The molecule has 13 heteroatoms. The highest BCUT2D eigenvalue weighted by atomic mass is 16.7. The Labute approximate surface area is 179 Å². The molecular weight excluding hydrogens is 422 g/mol. The third-order valence-corrected chi connectivity index (χ3v) is 5.29. The van der Waals surface area contributed by atoms with Gasteiger partial charge in [-0.15, -0.1) is 0 Å². The fourth-order valence-corrected chi connectivity index (χ4v) is 3.71. The SMILES string of the molecule is CC(=O)N[C@H]1[C@@H](O)[C@H](O[C@@H]2O[C@H](CO)[C@H](O)[C@H](O)[C@H]2O)[C@@H](CO)O[C@H]1CCOCCO. The van der Waals surface area contributed by atoms with E-state index in [1.807, 2.05) is 0 Å². The van der Waals surface area contributed by atoms with Crippen molar-refractivity contribution in [3.05, 3.63) is 0 Å². The predicted molar refractivity (Wildman–Crippen MR) is 101 cm³/mol. The minimum Gasteiger partial charge on any atom is -0.394 e. The summed E-state index contributed by atoms with van der Waals surface area (Å²) >= 11 is 0. The number of hydrogen-bond donors (Lipinski definition) is 8. The highest BCUT2D eigenvalue weighted by Crippen LogP contribution is 2.30.